The first kappa shape index (κ1) is 35.9. The summed E-state index contributed by atoms with van der Waals surface area (Å²) in [5.74, 6) is 1.11. The van der Waals surface area contributed by atoms with E-state index in [2.05, 4.69) is 6.07 Å². The molecule has 0 aromatic heterocycles. The van der Waals surface area contributed by atoms with Crippen molar-refractivity contribution in [2.45, 2.75) is 38.9 Å². The fourth-order valence-electron chi connectivity index (χ4n) is 3.97. The maximum Gasteiger partial charge on any atom is -0.171 e. The minimum atomic E-state index is -0.492. The molecule has 0 aliphatic carbocycles. The van der Waals surface area contributed by atoms with E-state index in [-0.39, 0.29) is 0 Å². The summed E-state index contributed by atoms with van der Waals surface area (Å²) in [6.07, 6.45) is 3.79. The number of nitrogens with one attached hydrogen (secondary N) is 1. The summed E-state index contributed by atoms with van der Waals surface area (Å²) in [7, 11) is 0. The smallest absolute Gasteiger partial charge is 0.171 e. The largest absolute Gasteiger partial charge is 0.184 e. The van der Waals surface area contributed by atoms with Gasteiger partial charge in [-0.05, 0) is 38.8 Å². The minimum Gasteiger partial charge on any atom is -0.184 e. The molecule has 5 nitrogen and oxygen atoms in total. The van der Waals surface area contributed by atoms with Gasteiger partial charge >= 0.3 is 27.8 Å². The molecule has 6 heteroatoms. The first-order valence-electron chi connectivity index (χ1n) is 13.9. The van der Waals surface area contributed by atoms with Gasteiger partial charge in [0.25, 0.3) is 0 Å². The predicted octanol–water partition coefficient (Wildman–Crippen LogP) is 8.70. The average Bonchev–Trinajstić information content (AvgIpc) is 3.08. The molecule has 0 atom stereocenters. The number of rotatable bonds is 8. The summed E-state index contributed by atoms with van der Waals surface area (Å²) in [6, 6.07) is 46.6. The number of carbonyl (C=O) groups excluding carboxylic acids is 2. The topological polar surface area (TPSA) is 76.5 Å². The van der Waals surface area contributed by atoms with E-state index in [4.69, 9.17) is 12.8 Å². The second-order valence-electron chi connectivity index (χ2n) is 10.2. The molecule has 0 saturated heterocycles. The Kier molecular flexibility index (Phi) is 15.6. The van der Waals surface area contributed by atoms with E-state index in [1.807, 2.05) is 143 Å². The zero-order valence-electron chi connectivity index (χ0n) is 25.4. The Morgan fingerprint density at radius 1 is 0.523 bits per heavy atom. The Labute approximate surface area is 276 Å². The van der Waals surface area contributed by atoms with Crippen molar-refractivity contribution in [2.24, 2.45) is 0 Å². The average molecular weight is 662 g/mol. The van der Waals surface area contributed by atoms with E-state index >= 15 is 0 Å². The van der Waals surface area contributed by atoms with Crippen LogP contribution in [0.5, 0.6) is 11.5 Å². The third-order valence-corrected chi connectivity index (χ3v) is 6.27. The van der Waals surface area contributed by atoms with E-state index in [0.717, 1.165) is 35.7 Å². The number of hydrogen-bond acceptors (Lipinski definition) is 5. The maximum atomic E-state index is 10.8. The first-order valence-corrected chi connectivity index (χ1v) is 15.1. The summed E-state index contributed by atoms with van der Waals surface area (Å²) in [4.78, 5) is 21.7. The Bertz CT molecular complexity index is 1400. The van der Waals surface area contributed by atoms with Crippen molar-refractivity contribution in [3.8, 4) is 11.5 Å². The molecule has 5 aromatic rings. The molecule has 0 bridgehead atoms. The summed E-state index contributed by atoms with van der Waals surface area (Å²) in [5, 5.41) is 0. The second-order valence-corrected chi connectivity index (χ2v) is 10.2. The third kappa shape index (κ3) is 11.8. The quantitative estimate of drug-likeness (QED) is 0.169. The zero-order valence-corrected chi connectivity index (χ0v) is 27.9. The molecule has 0 fully saturated rings. The van der Waals surface area contributed by atoms with Gasteiger partial charge < -0.3 is 19.1 Å². The number of ether oxygens (including phenoxy) is 2. The Morgan fingerprint density at radius 2 is 0.841 bits per heavy atom. The molecular formula is C38H36NO4Zr-3. The fourth-order valence-corrected chi connectivity index (χ4v) is 3.97. The van der Waals surface area contributed by atoms with Gasteiger partial charge in [0, 0.05) is 11.5 Å². The Morgan fingerprint density at radius 3 is 1.14 bits per heavy atom. The van der Waals surface area contributed by atoms with Crippen LogP contribution in [0.3, 0.4) is 0 Å². The molecule has 5 aromatic carbocycles. The van der Waals surface area contributed by atoms with Gasteiger partial charge in [0.1, 0.15) is 11.2 Å². The van der Waals surface area contributed by atoms with Gasteiger partial charge in [0.2, 0.25) is 0 Å². The van der Waals surface area contributed by atoms with Crippen molar-refractivity contribution in [3.63, 3.8) is 0 Å². The van der Waals surface area contributed by atoms with E-state index in [0.29, 0.717) is 22.6 Å². The van der Waals surface area contributed by atoms with Gasteiger partial charge in [0.15, 0.2) is 0 Å². The zero-order chi connectivity index (χ0) is 32.3. The molecular weight excluding hydrogens is 626 g/mol. The van der Waals surface area contributed by atoms with Crippen LogP contribution in [0.25, 0.3) is 0 Å². The van der Waals surface area contributed by atoms with Gasteiger partial charge in [-0.3, -0.25) is 0 Å². The maximum absolute atomic E-state index is 10.8. The number of hydrogen-bond donors (Lipinski definition) is 1. The van der Waals surface area contributed by atoms with Gasteiger partial charge in [-0.2, -0.15) is 48.5 Å². The normalized spacial score (nSPS) is 10.2. The summed E-state index contributed by atoms with van der Waals surface area (Å²) >= 11 is 0.800. The number of para-hydroxylation sites is 2. The van der Waals surface area contributed by atoms with E-state index in [1.165, 1.54) is 0 Å². The number of benzene rings is 5. The summed E-state index contributed by atoms with van der Waals surface area (Å²) in [5.41, 5.74) is 2.03. The predicted molar refractivity (Wildman–Crippen MR) is 171 cm³/mol. The van der Waals surface area contributed by atoms with Crippen LogP contribution in [0, 0.1) is 9.36 Å². The molecule has 44 heavy (non-hydrogen) atoms. The molecule has 5 rings (SSSR count). The second kappa shape index (κ2) is 19.1. The monoisotopic (exact) mass is 660 g/mol. The van der Waals surface area contributed by atoms with Crippen molar-refractivity contribution in [1.82, 2.24) is 0 Å². The fraction of sp³-hybridized carbons (Fsp3) is 0.158. The van der Waals surface area contributed by atoms with Gasteiger partial charge in [-0.15, -0.1) is 23.3 Å². The minimum absolute atomic E-state index is 0.446. The van der Waals surface area contributed by atoms with Gasteiger partial charge in [0.05, 0.1) is 12.6 Å². The van der Waals surface area contributed by atoms with Crippen LogP contribution in [0.1, 0.15) is 49.9 Å². The molecule has 0 aliphatic rings. The van der Waals surface area contributed by atoms with Gasteiger partial charge in [-0.25, -0.2) is 0 Å². The molecule has 0 amide bonds. The molecule has 0 radical (unpaired) electrons. The standard InChI is InChI=1S/2C16H15O2.C6H5.HN.Zr/c2*1-16(2,14-9-4-3-5-10-14)18-15-11-7-6-8-13(15)12-17;1-2-4-6-5-3-1;;/h2*3-11H,1-2H3;1-5H;1H;/q3*-1;;. The molecule has 0 saturated carbocycles. The van der Waals surface area contributed by atoms with Crippen LogP contribution >= 0.6 is 0 Å². The van der Waals surface area contributed by atoms with Crippen LogP contribution in [-0.2, 0) is 45.3 Å². The third-order valence-electron chi connectivity index (χ3n) is 6.27. The molecule has 0 spiro atoms. The Balaban J connectivity index is 0.000000246. The Hall–Kier alpha value is -4.28. The molecule has 0 heterocycles. The van der Waals surface area contributed by atoms with E-state index < -0.39 is 11.2 Å². The summed E-state index contributed by atoms with van der Waals surface area (Å²) in [6.45, 7) is 7.90. The van der Waals surface area contributed by atoms with Crippen LogP contribution in [0.15, 0.2) is 140 Å². The van der Waals surface area contributed by atoms with Crippen LogP contribution in [0.4, 0.5) is 0 Å². The van der Waals surface area contributed by atoms with Crippen LogP contribution < -0.4 is 9.47 Å². The molecule has 0 unspecified atom stereocenters. The summed E-state index contributed by atoms with van der Waals surface area (Å²) < 4.78 is 17.7. The first-order chi connectivity index (χ1) is 21.3. The van der Waals surface area contributed by atoms with E-state index in [1.54, 1.807) is 36.4 Å². The van der Waals surface area contributed by atoms with Crippen molar-refractivity contribution in [1.29, 1.82) is 3.29 Å². The molecule has 1 N–H and O–H groups in total. The SMILES string of the molecule is CC(C)(Oc1ccccc1[C-]=O)c1ccccc1.CC(C)(Oc1ccccc1[C-]=O)c1ccccc1.[NH]=[Zr].[c-]1ccccc1. The van der Waals surface area contributed by atoms with Crippen molar-refractivity contribution in [2.75, 3.05) is 0 Å². The van der Waals surface area contributed by atoms with Crippen LogP contribution in [0.2, 0.25) is 0 Å². The van der Waals surface area contributed by atoms with Crippen molar-refractivity contribution >= 4 is 12.6 Å². The molecule has 224 valence electrons. The van der Waals surface area contributed by atoms with E-state index in [9.17, 15) is 9.59 Å². The molecule has 0 aliphatic heterocycles. The van der Waals surface area contributed by atoms with Crippen LogP contribution in [-0.4, -0.2) is 12.6 Å². The van der Waals surface area contributed by atoms with Crippen molar-refractivity contribution in [3.05, 3.63) is 168 Å². The van der Waals surface area contributed by atoms with Gasteiger partial charge in [-0.1, -0.05) is 84.9 Å². The van der Waals surface area contributed by atoms with Crippen molar-refractivity contribution < 1.29 is 43.6 Å².